The molecule has 1 amide bonds. The van der Waals surface area contributed by atoms with E-state index in [2.05, 4.69) is 27.2 Å². The predicted octanol–water partition coefficient (Wildman–Crippen LogP) is 3.91. The summed E-state index contributed by atoms with van der Waals surface area (Å²) in [4.78, 5) is 27.5. The Morgan fingerprint density at radius 3 is 2.81 bits per heavy atom. The summed E-state index contributed by atoms with van der Waals surface area (Å²) >= 11 is 0. The molecule has 2 atom stereocenters. The summed E-state index contributed by atoms with van der Waals surface area (Å²) in [5.41, 5.74) is 4.79. The zero-order chi connectivity index (χ0) is 24.6. The number of ether oxygens (including phenoxy) is 1. The lowest BCUT2D eigenvalue weighted by molar-refractivity contribution is 0.00501. The molecule has 0 aliphatic carbocycles. The minimum Gasteiger partial charge on any atom is -0.495 e. The van der Waals surface area contributed by atoms with E-state index < -0.39 is 0 Å². The summed E-state index contributed by atoms with van der Waals surface area (Å²) in [6.45, 7) is 4.07. The van der Waals surface area contributed by atoms with Gasteiger partial charge >= 0.3 is 0 Å². The molecule has 2 aromatic carbocycles. The highest BCUT2D eigenvalue weighted by atomic mass is 16.6. The maximum absolute atomic E-state index is 13.0. The first-order chi connectivity index (χ1) is 17.6. The molecule has 184 valence electrons. The third kappa shape index (κ3) is 4.02. The van der Waals surface area contributed by atoms with E-state index in [1.165, 1.54) is 0 Å². The van der Waals surface area contributed by atoms with Crippen LogP contribution < -0.4 is 4.74 Å². The number of aromatic nitrogens is 2. The number of carbonyl (C=O) groups excluding carboxylic acids is 1. The van der Waals surface area contributed by atoms with Crippen LogP contribution in [0.1, 0.15) is 34.5 Å². The van der Waals surface area contributed by atoms with Crippen molar-refractivity contribution in [3.63, 3.8) is 0 Å². The van der Waals surface area contributed by atoms with Gasteiger partial charge in [-0.15, -0.1) is 0 Å². The maximum Gasteiger partial charge on any atom is 0.254 e. The smallest absolute Gasteiger partial charge is 0.254 e. The number of benzene rings is 2. The number of amidine groups is 1. The Morgan fingerprint density at radius 1 is 1.17 bits per heavy atom. The molecule has 4 heterocycles. The molecule has 3 aliphatic heterocycles. The predicted molar refractivity (Wildman–Crippen MR) is 137 cm³/mol. The van der Waals surface area contributed by atoms with Gasteiger partial charge in [0.2, 0.25) is 0 Å². The number of amides is 1. The third-order valence-corrected chi connectivity index (χ3v) is 7.16. The molecule has 3 aromatic rings. The second-order valence-corrected chi connectivity index (χ2v) is 9.52. The summed E-state index contributed by atoms with van der Waals surface area (Å²) < 4.78 is 7.66. The number of methoxy groups -OCH3 is 1. The average molecular weight is 484 g/mol. The Hall–Kier alpha value is -4.07. The summed E-state index contributed by atoms with van der Waals surface area (Å²) in [5, 5.41) is 4.54. The highest BCUT2D eigenvalue weighted by Crippen LogP contribution is 2.33. The molecule has 36 heavy (non-hydrogen) atoms. The normalized spacial score (nSPS) is 22.1. The highest BCUT2D eigenvalue weighted by Gasteiger charge is 2.45. The number of carbonyl (C=O) groups is 1. The van der Waals surface area contributed by atoms with E-state index in [0.29, 0.717) is 18.7 Å². The zero-order valence-electron chi connectivity index (χ0n) is 20.5. The van der Waals surface area contributed by atoms with Crippen molar-refractivity contribution in [1.29, 1.82) is 0 Å². The van der Waals surface area contributed by atoms with Crippen LogP contribution in [-0.2, 0) is 4.84 Å². The molecule has 1 aromatic heterocycles. The zero-order valence-corrected chi connectivity index (χ0v) is 20.5. The van der Waals surface area contributed by atoms with Gasteiger partial charge in [-0.05, 0) is 61.2 Å². The van der Waals surface area contributed by atoms with E-state index in [-0.39, 0.29) is 18.1 Å². The summed E-state index contributed by atoms with van der Waals surface area (Å²) in [6, 6.07) is 15.7. The lowest BCUT2D eigenvalue weighted by atomic mass is 9.97. The topological polar surface area (TPSA) is 72.2 Å². The number of piperidine rings is 1. The van der Waals surface area contributed by atoms with Gasteiger partial charge in [-0.2, -0.15) is 0 Å². The number of rotatable bonds is 4. The van der Waals surface area contributed by atoms with Crippen LogP contribution in [0.25, 0.3) is 11.8 Å². The first kappa shape index (κ1) is 22.4. The first-order valence-electron chi connectivity index (χ1n) is 12.4. The van der Waals surface area contributed by atoms with Crippen LogP contribution in [0.4, 0.5) is 0 Å². The van der Waals surface area contributed by atoms with E-state index in [1.807, 2.05) is 65.1 Å². The molecule has 2 fully saturated rings. The van der Waals surface area contributed by atoms with Crippen molar-refractivity contribution in [1.82, 2.24) is 19.4 Å². The van der Waals surface area contributed by atoms with Gasteiger partial charge in [-0.1, -0.05) is 29.4 Å². The quantitative estimate of drug-likeness (QED) is 0.563. The number of oxime groups is 1. The van der Waals surface area contributed by atoms with Gasteiger partial charge in [0.25, 0.3) is 5.91 Å². The number of nitrogens with zero attached hydrogens (tertiary/aromatic N) is 5. The van der Waals surface area contributed by atoms with E-state index in [4.69, 9.17) is 9.57 Å². The molecule has 6 rings (SSSR count). The summed E-state index contributed by atoms with van der Waals surface area (Å²) in [5.74, 6) is 1.70. The van der Waals surface area contributed by atoms with Crippen molar-refractivity contribution < 1.29 is 14.4 Å². The first-order valence-corrected chi connectivity index (χ1v) is 12.4. The van der Waals surface area contributed by atoms with Crippen molar-refractivity contribution in [2.45, 2.75) is 31.9 Å². The minimum absolute atomic E-state index is 0.0446. The van der Waals surface area contributed by atoms with Crippen molar-refractivity contribution in [3.8, 4) is 11.4 Å². The fraction of sp³-hybridized carbons (Fsp3) is 0.321. The van der Waals surface area contributed by atoms with Crippen LogP contribution in [0, 0.1) is 6.92 Å². The largest absolute Gasteiger partial charge is 0.495 e. The fourth-order valence-corrected chi connectivity index (χ4v) is 5.37. The van der Waals surface area contributed by atoms with Gasteiger partial charge < -0.3 is 23.9 Å². The van der Waals surface area contributed by atoms with Crippen molar-refractivity contribution in [2.24, 2.45) is 5.16 Å². The van der Waals surface area contributed by atoms with E-state index >= 15 is 0 Å². The number of likely N-dealkylation sites (tertiary alicyclic amines) is 1. The van der Waals surface area contributed by atoms with E-state index in [0.717, 1.165) is 53.5 Å². The second kappa shape index (κ2) is 9.18. The summed E-state index contributed by atoms with van der Waals surface area (Å²) in [6.07, 6.45) is 7.79. The van der Waals surface area contributed by atoms with Crippen LogP contribution in [0.2, 0.25) is 0 Å². The van der Waals surface area contributed by atoms with Gasteiger partial charge in [0.1, 0.15) is 5.75 Å². The molecule has 2 saturated heterocycles. The van der Waals surface area contributed by atoms with Crippen LogP contribution in [0.3, 0.4) is 0 Å². The van der Waals surface area contributed by atoms with Gasteiger partial charge in [-0.3, -0.25) is 4.79 Å². The van der Waals surface area contributed by atoms with Crippen LogP contribution in [0.15, 0.2) is 71.8 Å². The Morgan fingerprint density at radius 2 is 2.03 bits per heavy atom. The number of fused-ring (bicyclic) bond motifs is 3. The molecular formula is C28H29N5O3. The molecule has 0 radical (unpaired) electrons. The van der Waals surface area contributed by atoms with E-state index in [1.54, 1.807) is 13.4 Å². The molecule has 8 heteroatoms. The third-order valence-electron chi connectivity index (χ3n) is 7.16. The standard InChI is InChI=1S/C28H29N5O3/c1-19-15-32(18-29-19)23-11-10-20(14-25(23)35-2)13-22-9-6-12-33-24-16-31(17-26(24)36-30-27(22)33)28(34)21-7-4-3-5-8-21/h3-5,7-8,10-11,13-15,18,24,26H,6,9,12,16-17H2,1-2H3. The van der Waals surface area contributed by atoms with Gasteiger partial charge in [-0.25, -0.2) is 4.98 Å². The fourth-order valence-electron chi connectivity index (χ4n) is 5.37. The number of aryl methyl sites for hydroxylation is 1. The lowest BCUT2D eigenvalue weighted by Crippen LogP contribution is -2.53. The van der Waals surface area contributed by atoms with Crippen LogP contribution in [0.5, 0.6) is 5.75 Å². The Bertz CT molecular complexity index is 1350. The molecule has 0 spiro atoms. The number of hydrogen-bond donors (Lipinski definition) is 0. The molecular weight excluding hydrogens is 454 g/mol. The summed E-state index contributed by atoms with van der Waals surface area (Å²) in [7, 11) is 1.68. The average Bonchev–Trinajstić information content (AvgIpc) is 3.55. The number of imidazole rings is 1. The van der Waals surface area contributed by atoms with Crippen LogP contribution in [-0.4, -0.2) is 70.0 Å². The van der Waals surface area contributed by atoms with Crippen molar-refractivity contribution >= 4 is 17.8 Å². The van der Waals surface area contributed by atoms with Crippen LogP contribution >= 0.6 is 0 Å². The maximum atomic E-state index is 13.0. The lowest BCUT2D eigenvalue weighted by Gasteiger charge is -2.40. The van der Waals surface area contributed by atoms with Gasteiger partial charge in [0.15, 0.2) is 11.9 Å². The second-order valence-electron chi connectivity index (χ2n) is 9.52. The van der Waals surface area contributed by atoms with Gasteiger partial charge in [0.05, 0.1) is 37.4 Å². The number of hydrogen-bond acceptors (Lipinski definition) is 6. The molecule has 8 nitrogen and oxygen atoms in total. The molecule has 0 N–H and O–H groups in total. The van der Waals surface area contributed by atoms with Gasteiger partial charge in [0, 0.05) is 24.8 Å². The monoisotopic (exact) mass is 483 g/mol. The highest BCUT2D eigenvalue weighted by molar-refractivity contribution is 6.03. The molecule has 2 unspecified atom stereocenters. The van der Waals surface area contributed by atoms with E-state index in [9.17, 15) is 4.79 Å². The Kier molecular flexibility index (Phi) is 5.71. The minimum atomic E-state index is -0.112. The Labute approximate surface area is 210 Å². The molecule has 0 saturated carbocycles. The van der Waals surface area contributed by atoms with Crippen molar-refractivity contribution in [2.75, 3.05) is 26.7 Å². The van der Waals surface area contributed by atoms with Crippen molar-refractivity contribution in [3.05, 3.63) is 83.4 Å². The molecule has 0 bridgehead atoms. The SMILES string of the molecule is COc1cc(C=C2CCCN3C2=NOC2CN(C(=O)c4ccccc4)CC23)ccc1-n1cnc(C)c1. The Balaban J connectivity index is 1.23. The molecule has 3 aliphatic rings.